The second-order valence-electron chi connectivity index (χ2n) is 11.3. The third-order valence-electron chi connectivity index (χ3n) is 8.21. The van der Waals surface area contributed by atoms with Crippen LogP contribution in [-0.4, -0.2) is 63.7 Å². The van der Waals surface area contributed by atoms with Crippen LogP contribution in [0.3, 0.4) is 0 Å². The first-order valence-corrected chi connectivity index (χ1v) is 15.8. The number of halogens is 2. The molecule has 7 nitrogen and oxygen atoms in total. The van der Waals surface area contributed by atoms with E-state index in [1.54, 1.807) is 19.2 Å². The van der Waals surface area contributed by atoms with Gasteiger partial charge in [0, 0.05) is 37.5 Å². The van der Waals surface area contributed by atoms with Crippen LogP contribution < -0.4 is 14.4 Å². The molecule has 1 N–H and O–H groups in total. The van der Waals surface area contributed by atoms with Crippen molar-refractivity contribution in [2.24, 2.45) is 11.8 Å². The minimum Gasteiger partial charge on any atom is -0.497 e. The fourth-order valence-electron chi connectivity index (χ4n) is 5.73. The van der Waals surface area contributed by atoms with E-state index in [1.807, 2.05) is 49.4 Å². The van der Waals surface area contributed by atoms with Crippen molar-refractivity contribution in [3.05, 3.63) is 54.6 Å². The topological polar surface area (TPSA) is 79.0 Å². The highest BCUT2D eigenvalue weighted by atomic mass is 32.2. The Balaban J connectivity index is 1.31. The Kier molecular flexibility index (Phi) is 10.1. The Bertz CT molecular complexity index is 1190. The van der Waals surface area contributed by atoms with E-state index in [0.29, 0.717) is 12.1 Å². The van der Waals surface area contributed by atoms with E-state index in [9.17, 15) is 22.0 Å². The molecule has 10 heteroatoms. The molecule has 2 aromatic carbocycles. The van der Waals surface area contributed by atoms with E-state index in [0.717, 1.165) is 37.4 Å². The number of benzene rings is 2. The summed E-state index contributed by atoms with van der Waals surface area (Å²) in [5.41, 5.74) is 1.33. The fourth-order valence-corrected chi connectivity index (χ4v) is 7.72. The molecule has 1 aliphatic heterocycles. The smallest absolute Gasteiger partial charge is 0.248 e. The number of likely N-dealkylation sites (tertiary alicyclic amines) is 1. The first kappa shape index (κ1) is 30.2. The lowest BCUT2D eigenvalue weighted by atomic mass is 9.88. The van der Waals surface area contributed by atoms with Gasteiger partial charge in [-0.1, -0.05) is 18.2 Å². The third-order valence-corrected chi connectivity index (χ3v) is 10.1. The maximum atomic E-state index is 13.6. The molecule has 0 bridgehead atoms. The SMILES string of the molecule is COc1ccc(NC(=O)CC2CCN([C@H](C)CN(c3ccccc3)S(=O)(=O)CC3CCC(F)(F)CC3)CC2)cc1. The van der Waals surface area contributed by atoms with Crippen LogP contribution in [0.4, 0.5) is 20.2 Å². The molecule has 1 saturated carbocycles. The van der Waals surface area contributed by atoms with E-state index in [-0.39, 0.29) is 61.8 Å². The van der Waals surface area contributed by atoms with Gasteiger partial charge in [0.2, 0.25) is 21.9 Å². The first-order valence-electron chi connectivity index (χ1n) is 14.2. The number of nitrogens with zero attached hydrogens (tertiary/aromatic N) is 2. The monoisotopic (exact) mass is 577 g/mol. The van der Waals surface area contributed by atoms with E-state index in [1.165, 1.54) is 4.31 Å². The number of hydrogen-bond acceptors (Lipinski definition) is 5. The summed E-state index contributed by atoms with van der Waals surface area (Å²) >= 11 is 0. The zero-order valence-electron chi connectivity index (χ0n) is 23.4. The number of alkyl halides is 2. The number of hydrogen-bond donors (Lipinski definition) is 1. The summed E-state index contributed by atoms with van der Waals surface area (Å²) in [6, 6.07) is 16.2. The van der Waals surface area contributed by atoms with Gasteiger partial charge in [0.15, 0.2) is 0 Å². The summed E-state index contributed by atoms with van der Waals surface area (Å²) in [5.74, 6) is -2.08. The van der Waals surface area contributed by atoms with Crippen molar-refractivity contribution < 1.29 is 26.7 Å². The molecule has 2 aromatic rings. The summed E-state index contributed by atoms with van der Waals surface area (Å²) in [7, 11) is -2.11. The van der Waals surface area contributed by atoms with Crippen LogP contribution in [0.25, 0.3) is 0 Å². The second-order valence-corrected chi connectivity index (χ2v) is 13.2. The highest BCUT2D eigenvalue weighted by Gasteiger charge is 2.38. The van der Waals surface area contributed by atoms with E-state index < -0.39 is 15.9 Å². The fraction of sp³-hybridized carbons (Fsp3) is 0.567. The molecule has 220 valence electrons. The minimum atomic E-state index is -3.71. The number of rotatable bonds is 11. The molecule has 1 heterocycles. The second kappa shape index (κ2) is 13.3. The molecular formula is C30H41F2N3O4S. The van der Waals surface area contributed by atoms with Gasteiger partial charge >= 0.3 is 0 Å². The summed E-state index contributed by atoms with van der Waals surface area (Å²) in [6.45, 7) is 3.88. The normalized spacial score (nSPS) is 19.6. The Labute approximate surface area is 236 Å². The molecule has 0 spiro atoms. The van der Waals surface area contributed by atoms with Gasteiger partial charge in [-0.3, -0.25) is 14.0 Å². The van der Waals surface area contributed by atoms with Gasteiger partial charge in [-0.25, -0.2) is 17.2 Å². The summed E-state index contributed by atoms with van der Waals surface area (Å²) in [4.78, 5) is 14.9. The number of para-hydroxylation sites is 1. The number of amides is 1. The maximum Gasteiger partial charge on any atom is 0.248 e. The first-order chi connectivity index (χ1) is 19.0. The lowest BCUT2D eigenvalue weighted by molar-refractivity contribution is -0.117. The number of ether oxygens (including phenoxy) is 1. The molecule has 1 atom stereocenters. The number of carbonyl (C=O) groups is 1. The average molecular weight is 578 g/mol. The standard InChI is InChI=1S/C30H41F2N3O4S/c1-23(34-18-14-24(15-19-34)20-29(36)33-26-8-10-28(39-2)11-9-26)21-35(27-6-4-3-5-7-27)40(37,38)22-25-12-16-30(31,32)17-13-25/h3-11,23-25H,12-22H2,1-2H3,(H,33,36)/t23-/m1/s1. The van der Waals surface area contributed by atoms with Crippen molar-refractivity contribution in [2.75, 3.05) is 42.1 Å². The van der Waals surface area contributed by atoms with Crippen molar-refractivity contribution in [2.45, 2.75) is 63.8 Å². The molecule has 0 radical (unpaired) electrons. The molecule has 0 unspecified atom stereocenters. The van der Waals surface area contributed by atoms with Gasteiger partial charge in [-0.2, -0.15) is 0 Å². The largest absolute Gasteiger partial charge is 0.497 e. The number of carbonyl (C=O) groups excluding carboxylic acids is 1. The zero-order chi connectivity index (χ0) is 28.8. The van der Waals surface area contributed by atoms with Crippen molar-refractivity contribution in [3.63, 3.8) is 0 Å². The van der Waals surface area contributed by atoms with Crippen molar-refractivity contribution in [1.82, 2.24) is 4.90 Å². The molecule has 1 aliphatic carbocycles. The van der Waals surface area contributed by atoms with Crippen LogP contribution >= 0.6 is 0 Å². The summed E-state index contributed by atoms with van der Waals surface area (Å²) in [5, 5.41) is 2.95. The predicted octanol–water partition coefficient (Wildman–Crippen LogP) is 5.79. The summed E-state index contributed by atoms with van der Waals surface area (Å²) < 4.78 is 61.1. The Morgan fingerprint density at radius 3 is 2.25 bits per heavy atom. The highest BCUT2D eigenvalue weighted by molar-refractivity contribution is 7.92. The molecule has 4 rings (SSSR count). The van der Waals surface area contributed by atoms with Crippen molar-refractivity contribution in [3.8, 4) is 5.75 Å². The van der Waals surface area contributed by atoms with Crippen LogP contribution in [0.1, 0.15) is 51.9 Å². The van der Waals surface area contributed by atoms with Gasteiger partial charge in [-0.15, -0.1) is 0 Å². The number of methoxy groups -OCH3 is 1. The lowest BCUT2D eigenvalue weighted by Gasteiger charge is -2.38. The molecule has 1 amide bonds. The highest BCUT2D eigenvalue weighted by Crippen LogP contribution is 2.37. The number of anilines is 2. The molecular weight excluding hydrogens is 536 g/mol. The van der Waals surface area contributed by atoms with Crippen LogP contribution in [0.15, 0.2) is 54.6 Å². The zero-order valence-corrected chi connectivity index (χ0v) is 24.2. The molecule has 0 aromatic heterocycles. The van der Waals surface area contributed by atoms with Crippen LogP contribution in [0.2, 0.25) is 0 Å². The number of piperidine rings is 1. The van der Waals surface area contributed by atoms with Gasteiger partial charge in [0.1, 0.15) is 5.75 Å². The Morgan fingerprint density at radius 1 is 1.02 bits per heavy atom. The molecule has 40 heavy (non-hydrogen) atoms. The molecule has 2 fully saturated rings. The van der Waals surface area contributed by atoms with Crippen molar-refractivity contribution in [1.29, 1.82) is 0 Å². The predicted molar refractivity (Wildman–Crippen MR) is 154 cm³/mol. The van der Waals surface area contributed by atoms with Gasteiger partial charge in [-0.05, 0) is 93.9 Å². The Morgan fingerprint density at radius 2 is 1.65 bits per heavy atom. The summed E-state index contributed by atoms with van der Waals surface area (Å²) in [6.07, 6.45) is 2.11. The van der Waals surface area contributed by atoms with E-state index >= 15 is 0 Å². The molecule has 1 saturated heterocycles. The van der Waals surface area contributed by atoms with Crippen molar-refractivity contribution >= 4 is 27.3 Å². The third kappa shape index (κ3) is 8.39. The van der Waals surface area contributed by atoms with E-state index in [2.05, 4.69) is 10.2 Å². The molecule has 2 aliphatic rings. The number of sulfonamides is 1. The van der Waals surface area contributed by atoms with Gasteiger partial charge in [0.25, 0.3) is 0 Å². The van der Waals surface area contributed by atoms with E-state index in [4.69, 9.17) is 4.74 Å². The van der Waals surface area contributed by atoms with Gasteiger partial charge in [0.05, 0.1) is 18.6 Å². The lowest BCUT2D eigenvalue weighted by Crippen LogP contribution is -2.48. The Hall–Kier alpha value is -2.72. The number of nitrogens with one attached hydrogen (secondary N) is 1. The maximum absolute atomic E-state index is 13.6. The van der Waals surface area contributed by atoms with Gasteiger partial charge < -0.3 is 10.1 Å². The van der Waals surface area contributed by atoms with Crippen LogP contribution in [0, 0.1) is 11.8 Å². The van der Waals surface area contributed by atoms with Crippen LogP contribution in [-0.2, 0) is 14.8 Å². The quantitative estimate of drug-likeness (QED) is 0.366. The average Bonchev–Trinajstić information content (AvgIpc) is 2.94. The van der Waals surface area contributed by atoms with Crippen LogP contribution in [0.5, 0.6) is 5.75 Å². The minimum absolute atomic E-state index is 0.0153.